The molecule has 2 saturated heterocycles. The Balaban J connectivity index is 1.15. The van der Waals surface area contributed by atoms with Gasteiger partial charge in [0, 0.05) is 50.3 Å². The van der Waals surface area contributed by atoms with Crippen LogP contribution in [0.25, 0.3) is 6.08 Å². The Bertz CT molecular complexity index is 1200. The van der Waals surface area contributed by atoms with Crippen LogP contribution in [0.3, 0.4) is 0 Å². The second-order valence-corrected chi connectivity index (χ2v) is 11.0. The summed E-state index contributed by atoms with van der Waals surface area (Å²) in [6.07, 6.45) is 7.80. The van der Waals surface area contributed by atoms with E-state index in [2.05, 4.69) is 24.3 Å². The lowest BCUT2D eigenvalue weighted by Crippen LogP contribution is -2.45. The predicted octanol–water partition coefficient (Wildman–Crippen LogP) is 5.03. The van der Waals surface area contributed by atoms with E-state index in [1.54, 1.807) is 18.2 Å². The van der Waals surface area contributed by atoms with Crippen molar-refractivity contribution in [3.8, 4) is 0 Å². The molecule has 2 aromatic carbocycles. The molecule has 2 amide bonds. The Morgan fingerprint density at radius 3 is 2.27 bits per heavy atom. The summed E-state index contributed by atoms with van der Waals surface area (Å²) in [5.74, 6) is 0.697. The number of nitro groups is 1. The first-order valence-corrected chi connectivity index (χ1v) is 13.4. The van der Waals surface area contributed by atoms with Gasteiger partial charge in [-0.1, -0.05) is 43.3 Å². The zero-order valence-corrected chi connectivity index (χ0v) is 21.5. The normalized spacial score (nSPS) is 19.3. The Hall–Kier alpha value is -3.48. The summed E-state index contributed by atoms with van der Waals surface area (Å²) in [6.45, 7) is 4.92. The van der Waals surface area contributed by atoms with Crippen LogP contribution in [0.4, 0.5) is 5.69 Å². The molecule has 194 valence electrons. The minimum absolute atomic E-state index is 0.0187. The third-order valence-corrected chi connectivity index (χ3v) is 8.58. The van der Waals surface area contributed by atoms with Gasteiger partial charge in [-0.3, -0.25) is 19.7 Å². The fraction of sp³-hybridized carbons (Fsp3) is 0.467. The van der Waals surface area contributed by atoms with Crippen LogP contribution in [0, 0.1) is 21.4 Å². The number of nitrogens with zero attached hydrogens (tertiary/aromatic N) is 3. The topological polar surface area (TPSA) is 83.8 Å². The van der Waals surface area contributed by atoms with Crippen molar-refractivity contribution in [1.29, 1.82) is 0 Å². The number of amides is 2. The van der Waals surface area contributed by atoms with Crippen LogP contribution in [0.5, 0.6) is 0 Å². The second kappa shape index (κ2) is 10.5. The fourth-order valence-electron chi connectivity index (χ4n) is 6.36. The van der Waals surface area contributed by atoms with Gasteiger partial charge in [-0.15, -0.1) is 0 Å². The molecule has 0 atom stereocenters. The zero-order valence-electron chi connectivity index (χ0n) is 21.5. The van der Waals surface area contributed by atoms with E-state index in [1.807, 2.05) is 16.7 Å². The number of fused-ring (bicyclic) bond motifs is 1. The third kappa shape index (κ3) is 5.45. The van der Waals surface area contributed by atoms with E-state index in [-0.39, 0.29) is 22.9 Å². The van der Waals surface area contributed by atoms with Crippen LogP contribution in [0.15, 0.2) is 54.1 Å². The van der Waals surface area contributed by atoms with Crippen molar-refractivity contribution >= 4 is 23.6 Å². The average molecular weight is 502 g/mol. The molecule has 2 aromatic rings. The average Bonchev–Trinajstić information content (AvgIpc) is 3.51. The minimum atomic E-state index is -0.418. The van der Waals surface area contributed by atoms with Crippen LogP contribution in [0.2, 0.25) is 0 Å². The van der Waals surface area contributed by atoms with Crippen molar-refractivity contribution in [2.45, 2.75) is 51.9 Å². The number of likely N-dealkylation sites (tertiary alicyclic amines) is 2. The molecule has 2 aliphatic heterocycles. The molecule has 0 radical (unpaired) electrons. The van der Waals surface area contributed by atoms with Crippen molar-refractivity contribution in [2.75, 3.05) is 26.2 Å². The molecule has 1 aliphatic carbocycles. The maximum Gasteiger partial charge on any atom is 0.270 e. The van der Waals surface area contributed by atoms with Crippen molar-refractivity contribution in [3.05, 3.63) is 80.9 Å². The van der Waals surface area contributed by atoms with E-state index >= 15 is 0 Å². The van der Waals surface area contributed by atoms with Gasteiger partial charge in [0.2, 0.25) is 11.8 Å². The van der Waals surface area contributed by atoms with Crippen LogP contribution in [0.1, 0.15) is 55.7 Å². The molecule has 3 aliphatic rings. The van der Waals surface area contributed by atoms with Crippen molar-refractivity contribution in [2.24, 2.45) is 11.3 Å². The standard InChI is InChI=1S/C30H35N3O4/c1-2-24(16-22-6-5-9-27(19-22)33(36)37)29(35)32-15-12-30(21-32)10-13-31(14-11-30)28(34)20-23-17-25-7-3-4-8-26(25)18-23/h3-9,16,19,23H,2,10-15,17-18,20-21H2,1H3/b24-16-. The highest BCUT2D eigenvalue weighted by atomic mass is 16.6. The smallest absolute Gasteiger partial charge is 0.270 e. The lowest BCUT2D eigenvalue weighted by Gasteiger charge is -2.39. The van der Waals surface area contributed by atoms with E-state index in [0.29, 0.717) is 29.9 Å². The maximum absolute atomic E-state index is 13.3. The van der Waals surface area contributed by atoms with E-state index < -0.39 is 4.92 Å². The van der Waals surface area contributed by atoms with Crippen molar-refractivity contribution in [1.82, 2.24) is 9.80 Å². The van der Waals surface area contributed by atoms with E-state index in [9.17, 15) is 19.7 Å². The molecule has 0 aromatic heterocycles. The summed E-state index contributed by atoms with van der Waals surface area (Å²) < 4.78 is 0. The molecule has 2 heterocycles. The second-order valence-electron chi connectivity index (χ2n) is 11.0. The maximum atomic E-state index is 13.3. The molecule has 2 fully saturated rings. The number of non-ortho nitro benzene ring substituents is 1. The number of piperidine rings is 1. The van der Waals surface area contributed by atoms with Crippen LogP contribution >= 0.6 is 0 Å². The molecule has 0 N–H and O–H groups in total. The largest absolute Gasteiger partial charge is 0.343 e. The number of hydrogen-bond acceptors (Lipinski definition) is 4. The first kappa shape index (κ1) is 25.2. The van der Waals surface area contributed by atoms with Gasteiger partial charge in [0.05, 0.1) is 4.92 Å². The van der Waals surface area contributed by atoms with Gasteiger partial charge >= 0.3 is 0 Å². The number of hydrogen-bond donors (Lipinski definition) is 0. The van der Waals surface area contributed by atoms with E-state index in [1.165, 1.54) is 23.3 Å². The highest BCUT2D eigenvalue weighted by Gasteiger charge is 2.43. The van der Waals surface area contributed by atoms with Gasteiger partial charge in [-0.25, -0.2) is 0 Å². The monoisotopic (exact) mass is 501 g/mol. The number of benzene rings is 2. The molecule has 7 nitrogen and oxygen atoms in total. The quantitative estimate of drug-likeness (QED) is 0.316. The number of nitro benzene ring substituents is 1. The summed E-state index contributed by atoms with van der Waals surface area (Å²) in [5.41, 5.74) is 4.23. The summed E-state index contributed by atoms with van der Waals surface area (Å²) in [6, 6.07) is 14.9. The summed E-state index contributed by atoms with van der Waals surface area (Å²) in [5, 5.41) is 11.1. The molecule has 1 spiro atoms. The van der Waals surface area contributed by atoms with Crippen molar-refractivity contribution in [3.63, 3.8) is 0 Å². The van der Waals surface area contributed by atoms with Gasteiger partial charge in [0.1, 0.15) is 0 Å². The van der Waals surface area contributed by atoms with Gasteiger partial charge in [-0.2, -0.15) is 0 Å². The first-order chi connectivity index (χ1) is 17.9. The van der Waals surface area contributed by atoms with Gasteiger partial charge in [0.25, 0.3) is 5.69 Å². The highest BCUT2D eigenvalue weighted by Crippen LogP contribution is 2.41. The number of carbonyl (C=O) groups excluding carboxylic acids is 2. The lowest BCUT2D eigenvalue weighted by molar-refractivity contribution is -0.384. The Morgan fingerprint density at radius 1 is 1.00 bits per heavy atom. The zero-order chi connectivity index (χ0) is 26.0. The fourth-order valence-corrected chi connectivity index (χ4v) is 6.36. The molecule has 0 unspecified atom stereocenters. The molecular formula is C30H35N3O4. The SMILES string of the molecule is CC/C(=C/c1cccc([N+](=O)[O-])c1)C(=O)N1CCC2(CCN(C(=O)CC3Cc4ccccc4C3)CC2)C1. The highest BCUT2D eigenvalue weighted by molar-refractivity contribution is 5.98. The van der Waals surface area contributed by atoms with Gasteiger partial charge in [-0.05, 0) is 72.6 Å². The number of carbonyl (C=O) groups is 2. The molecule has 0 bridgehead atoms. The summed E-state index contributed by atoms with van der Waals surface area (Å²) in [4.78, 5) is 41.1. The lowest BCUT2D eigenvalue weighted by atomic mass is 9.77. The van der Waals surface area contributed by atoms with Crippen LogP contribution < -0.4 is 0 Å². The molecule has 7 heteroatoms. The molecular weight excluding hydrogens is 466 g/mol. The third-order valence-electron chi connectivity index (χ3n) is 8.58. The van der Waals surface area contributed by atoms with Crippen molar-refractivity contribution < 1.29 is 14.5 Å². The van der Waals surface area contributed by atoms with Gasteiger partial charge < -0.3 is 9.80 Å². The summed E-state index contributed by atoms with van der Waals surface area (Å²) in [7, 11) is 0. The van der Waals surface area contributed by atoms with E-state index in [0.717, 1.165) is 58.3 Å². The van der Waals surface area contributed by atoms with Crippen LogP contribution in [-0.2, 0) is 22.4 Å². The molecule has 0 saturated carbocycles. The van der Waals surface area contributed by atoms with Gasteiger partial charge in [0.15, 0.2) is 0 Å². The Labute approximate surface area is 218 Å². The Morgan fingerprint density at radius 2 is 1.65 bits per heavy atom. The number of rotatable bonds is 6. The van der Waals surface area contributed by atoms with Crippen LogP contribution in [-0.4, -0.2) is 52.7 Å². The molecule has 5 rings (SSSR count). The summed E-state index contributed by atoms with van der Waals surface area (Å²) >= 11 is 0. The minimum Gasteiger partial charge on any atom is -0.343 e. The first-order valence-electron chi connectivity index (χ1n) is 13.4. The van der Waals surface area contributed by atoms with E-state index in [4.69, 9.17) is 0 Å². The predicted molar refractivity (Wildman–Crippen MR) is 143 cm³/mol. The molecule has 37 heavy (non-hydrogen) atoms. The Kier molecular flexibility index (Phi) is 7.13.